The van der Waals surface area contributed by atoms with E-state index in [4.69, 9.17) is 9.47 Å². The minimum absolute atomic E-state index is 0.765. The molecule has 0 bridgehead atoms. The molecule has 14 heavy (non-hydrogen) atoms. The van der Waals surface area contributed by atoms with E-state index >= 15 is 0 Å². The van der Waals surface area contributed by atoms with Crippen molar-refractivity contribution in [2.24, 2.45) is 0 Å². The highest BCUT2D eigenvalue weighted by Gasteiger charge is 2.02. The quantitative estimate of drug-likeness (QED) is 0.726. The average Bonchev–Trinajstić information content (AvgIpc) is 2.27. The maximum atomic E-state index is 5.21. The molecule has 1 heterocycles. The summed E-state index contributed by atoms with van der Waals surface area (Å²) in [6.45, 7) is 0. The van der Waals surface area contributed by atoms with Crippen molar-refractivity contribution in [1.29, 1.82) is 0 Å². The monoisotopic (exact) mass is 189 g/mol. The van der Waals surface area contributed by atoms with E-state index in [0.717, 1.165) is 22.3 Å². The van der Waals surface area contributed by atoms with Crippen LogP contribution in [0.25, 0.3) is 10.8 Å². The van der Waals surface area contributed by atoms with E-state index in [-0.39, 0.29) is 0 Å². The molecule has 2 rings (SSSR count). The number of aromatic nitrogens is 1. The number of benzene rings is 1. The van der Waals surface area contributed by atoms with Gasteiger partial charge in [0.15, 0.2) is 0 Å². The molecule has 0 amide bonds. The van der Waals surface area contributed by atoms with Crippen molar-refractivity contribution in [2.45, 2.75) is 0 Å². The smallest absolute Gasteiger partial charge is 0.145 e. The van der Waals surface area contributed by atoms with E-state index in [1.807, 2.05) is 18.2 Å². The highest BCUT2D eigenvalue weighted by Crippen LogP contribution is 2.27. The number of methoxy groups -OCH3 is 2. The highest BCUT2D eigenvalue weighted by atomic mass is 16.5. The van der Waals surface area contributed by atoms with Crippen LogP contribution in [0.15, 0.2) is 30.6 Å². The van der Waals surface area contributed by atoms with Crippen LogP contribution in [0, 0.1) is 0 Å². The van der Waals surface area contributed by atoms with Crippen LogP contribution in [0.3, 0.4) is 0 Å². The van der Waals surface area contributed by atoms with Gasteiger partial charge in [-0.15, -0.1) is 0 Å². The molecule has 0 unspecified atom stereocenters. The fourth-order valence-corrected chi connectivity index (χ4v) is 1.41. The van der Waals surface area contributed by atoms with Gasteiger partial charge >= 0.3 is 0 Å². The summed E-state index contributed by atoms with van der Waals surface area (Å²) in [6, 6.07) is 5.81. The van der Waals surface area contributed by atoms with Gasteiger partial charge in [-0.25, -0.2) is 0 Å². The Morgan fingerprint density at radius 3 is 2.64 bits per heavy atom. The molecular formula is C11H11NO2. The van der Waals surface area contributed by atoms with E-state index in [2.05, 4.69) is 4.98 Å². The summed E-state index contributed by atoms with van der Waals surface area (Å²) in [5.41, 5.74) is 0. The van der Waals surface area contributed by atoms with Crippen LogP contribution in [0.4, 0.5) is 0 Å². The lowest BCUT2D eigenvalue weighted by Crippen LogP contribution is -1.88. The SMILES string of the molecule is COc1ccc2cncc(OC)c2c1. The summed E-state index contributed by atoms with van der Waals surface area (Å²) in [5.74, 6) is 1.59. The van der Waals surface area contributed by atoms with Gasteiger partial charge in [0.1, 0.15) is 11.5 Å². The first-order valence-electron chi connectivity index (χ1n) is 4.31. The molecule has 1 aromatic heterocycles. The Morgan fingerprint density at radius 2 is 1.93 bits per heavy atom. The molecule has 0 fully saturated rings. The van der Waals surface area contributed by atoms with Gasteiger partial charge in [-0.3, -0.25) is 4.98 Å². The molecular weight excluding hydrogens is 178 g/mol. The Hall–Kier alpha value is -1.77. The first-order chi connectivity index (χ1) is 6.85. The molecule has 0 saturated carbocycles. The number of rotatable bonds is 2. The average molecular weight is 189 g/mol. The number of ether oxygens (including phenoxy) is 2. The number of hydrogen-bond donors (Lipinski definition) is 0. The third kappa shape index (κ3) is 1.37. The Bertz CT molecular complexity index is 454. The lowest BCUT2D eigenvalue weighted by molar-refractivity contribution is 0.411. The molecule has 72 valence electrons. The van der Waals surface area contributed by atoms with Gasteiger partial charge in [0.25, 0.3) is 0 Å². The Balaban J connectivity index is 2.70. The zero-order valence-corrected chi connectivity index (χ0v) is 8.15. The van der Waals surface area contributed by atoms with Crippen molar-refractivity contribution < 1.29 is 9.47 Å². The summed E-state index contributed by atoms with van der Waals surface area (Å²) in [7, 11) is 3.28. The van der Waals surface area contributed by atoms with Gasteiger partial charge in [0.05, 0.1) is 20.4 Å². The predicted molar refractivity (Wildman–Crippen MR) is 54.8 cm³/mol. The molecule has 0 N–H and O–H groups in total. The molecule has 2 aromatic rings. The molecule has 0 aliphatic rings. The topological polar surface area (TPSA) is 31.4 Å². The summed E-state index contributed by atoms with van der Waals surface area (Å²) >= 11 is 0. The van der Waals surface area contributed by atoms with Crippen LogP contribution < -0.4 is 9.47 Å². The zero-order valence-electron chi connectivity index (χ0n) is 8.15. The van der Waals surface area contributed by atoms with Gasteiger partial charge in [-0.2, -0.15) is 0 Å². The second kappa shape index (κ2) is 3.54. The third-order valence-electron chi connectivity index (χ3n) is 2.15. The second-order valence-corrected chi connectivity index (χ2v) is 2.93. The number of pyridine rings is 1. The van der Waals surface area contributed by atoms with Crippen molar-refractivity contribution in [1.82, 2.24) is 4.98 Å². The van der Waals surface area contributed by atoms with Crippen molar-refractivity contribution in [3.8, 4) is 11.5 Å². The zero-order chi connectivity index (χ0) is 9.97. The predicted octanol–water partition coefficient (Wildman–Crippen LogP) is 2.25. The Kier molecular flexibility index (Phi) is 2.23. The molecule has 1 aromatic carbocycles. The fraction of sp³-hybridized carbons (Fsp3) is 0.182. The Labute approximate surface area is 82.3 Å². The summed E-state index contributed by atoms with van der Waals surface area (Å²) in [5, 5.41) is 2.06. The van der Waals surface area contributed by atoms with Crippen LogP contribution in [0.2, 0.25) is 0 Å². The minimum atomic E-state index is 0.765. The van der Waals surface area contributed by atoms with E-state index in [0.29, 0.717) is 0 Å². The standard InChI is InChI=1S/C11H11NO2/c1-13-9-4-3-8-6-12-7-11(14-2)10(8)5-9/h3-7H,1-2H3. The maximum absolute atomic E-state index is 5.21. The van der Waals surface area contributed by atoms with Crippen molar-refractivity contribution in [3.05, 3.63) is 30.6 Å². The van der Waals surface area contributed by atoms with E-state index < -0.39 is 0 Å². The summed E-state index contributed by atoms with van der Waals surface area (Å²) in [6.07, 6.45) is 3.50. The normalized spacial score (nSPS) is 10.1. The fourth-order valence-electron chi connectivity index (χ4n) is 1.41. The van der Waals surface area contributed by atoms with Gasteiger partial charge in [-0.1, -0.05) is 0 Å². The van der Waals surface area contributed by atoms with Gasteiger partial charge in [-0.05, 0) is 18.2 Å². The van der Waals surface area contributed by atoms with Gasteiger partial charge in [0.2, 0.25) is 0 Å². The van der Waals surface area contributed by atoms with E-state index in [1.54, 1.807) is 26.6 Å². The minimum Gasteiger partial charge on any atom is -0.497 e. The number of fused-ring (bicyclic) bond motifs is 1. The number of hydrogen-bond acceptors (Lipinski definition) is 3. The lowest BCUT2D eigenvalue weighted by atomic mass is 10.1. The van der Waals surface area contributed by atoms with Crippen LogP contribution in [-0.2, 0) is 0 Å². The van der Waals surface area contributed by atoms with E-state index in [1.165, 1.54) is 0 Å². The lowest BCUT2D eigenvalue weighted by Gasteiger charge is -2.06. The molecule has 0 aliphatic carbocycles. The maximum Gasteiger partial charge on any atom is 0.145 e. The largest absolute Gasteiger partial charge is 0.497 e. The second-order valence-electron chi connectivity index (χ2n) is 2.93. The van der Waals surface area contributed by atoms with Crippen LogP contribution in [-0.4, -0.2) is 19.2 Å². The summed E-state index contributed by atoms with van der Waals surface area (Å²) in [4.78, 5) is 4.07. The molecule has 3 nitrogen and oxygen atoms in total. The molecule has 0 radical (unpaired) electrons. The molecule has 0 saturated heterocycles. The van der Waals surface area contributed by atoms with Crippen molar-refractivity contribution >= 4 is 10.8 Å². The van der Waals surface area contributed by atoms with Crippen LogP contribution in [0.1, 0.15) is 0 Å². The first kappa shape index (κ1) is 8.81. The van der Waals surface area contributed by atoms with Gasteiger partial charge < -0.3 is 9.47 Å². The van der Waals surface area contributed by atoms with Crippen LogP contribution in [0.5, 0.6) is 11.5 Å². The van der Waals surface area contributed by atoms with Gasteiger partial charge in [0, 0.05) is 17.0 Å². The van der Waals surface area contributed by atoms with Crippen LogP contribution >= 0.6 is 0 Å². The highest BCUT2D eigenvalue weighted by molar-refractivity contribution is 5.88. The Morgan fingerprint density at radius 1 is 1.07 bits per heavy atom. The van der Waals surface area contributed by atoms with Crippen molar-refractivity contribution in [3.63, 3.8) is 0 Å². The molecule has 0 atom stereocenters. The van der Waals surface area contributed by atoms with E-state index in [9.17, 15) is 0 Å². The molecule has 0 aliphatic heterocycles. The molecule has 3 heteroatoms. The summed E-state index contributed by atoms with van der Waals surface area (Å²) < 4.78 is 10.4. The molecule has 0 spiro atoms. The van der Waals surface area contributed by atoms with Crippen molar-refractivity contribution in [2.75, 3.05) is 14.2 Å². The number of nitrogens with zero attached hydrogens (tertiary/aromatic N) is 1. The first-order valence-corrected chi connectivity index (χ1v) is 4.31. The third-order valence-corrected chi connectivity index (χ3v) is 2.15.